The number of hydrogen-bond donors (Lipinski definition) is 0. The number of rotatable bonds is 7. The molecule has 0 saturated heterocycles. The van der Waals surface area contributed by atoms with E-state index in [1.807, 2.05) is 97.4 Å². The maximum atomic E-state index is 14.2. The first kappa shape index (κ1) is 28.9. The summed E-state index contributed by atoms with van der Waals surface area (Å²) >= 11 is 9.08. The predicted octanol–water partition coefficient (Wildman–Crippen LogP) is 6.03. The van der Waals surface area contributed by atoms with Gasteiger partial charge in [-0.15, -0.1) is 11.8 Å². The molecule has 0 N–H and O–H groups in total. The number of thiazole rings is 1. The molecule has 0 amide bonds. The van der Waals surface area contributed by atoms with E-state index in [4.69, 9.17) is 26.4 Å². The van der Waals surface area contributed by atoms with E-state index >= 15 is 0 Å². The molecule has 1 unspecified atom stereocenters. The molecule has 0 fully saturated rings. The molecule has 6 rings (SSSR count). The molecule has 1 aliphatic heterocycles. The molecular weight excluding hydrogens is 600 g/mol. The molecule has 1 aliphatic rings. The second-order valence-corrected chi connectivity index (χ2v) is 12.1. The van der Waals surface area contributed by atoms with Crippen molar-refractivity contribution in [1.29, 1.82) is 0 Å². The van der Waals surface area contributed by atoms with Gasteiger partial charge in [0.25, 0.3) is 5.56 Å². The van der Waals surface area contributed by atoms with Gasteiger partial charge in [-0.1, -0.05) is 65.4 Å². The highest BCUT2D eigenvalue weighted by Crippen LogP contribution is 2.32. The first-order valence-corrected chi connectivity index (χ1v) is 16.0. The van der Waals surface area contributed by atoms with Crippen LogP contribution in [0.5, 0.6) is 0 Å². The van der Waals surface area contributed by atoms with Crippen LogP contribution in [0.1, 0.15) is 31.0 Å². The molecule has 0 bridgehead atoms. The quantitative estimate of drug-likeness (QED) is 0.163. The van der Waals surface area contributed by atoms with Crippen LogP contribution in [0.3, 0.4) is 0 Å². The van der Waals surface area contributed by atoms with E-state index in [9.17, 15) is 9.59 Å². The van der Waals surface area contributed by atoms with Crippen molar-refractivity contribution in [3.63, 3.8) is 0 Å². The van der Waals surface area contributed by atoms with Crippen LogP contribution in [-0.4, -0.2) is 33.2 Å². The third kappa shape index (κ3) is 5.63. The van der Waals surface area contributed by atoms with Gasteiger partial charge in [-0.05, 0) is 68.1 Å². The molecule has 216 valence electrons. The first-order chi connectivity index (χ1) is 20.9. The summed E-state index contributed by atoms with van der Waals surface area (Å²) in [5.41, 5.74) is 4.68. The Bertz CT molecular complexity index is 2030. The zero-order chi connectivity index (χ0) is 30.1. The number of hydrogen-bond acceptors (Lipinski definition) is 7. The Morgan fingerprint density at radius 1 is 1.07 bits per heavy atom. The van der Waals surface area contributed by atoms with Gasteiger partial charge in [-0.2, -0.15) is 5.10 Å². The summed E-state index contributed by atoms with van der Waals surface area (Å²) in [6.45, 7) is 3.77. The van der Waals surface area contributed by atoms with Crippen LogP contribution in [-0.2, 0) is 9.53 Å². The van der Waals surface area contributed by atoms with Gasteiger partial charge in [0.05, 0.1) is 34.1 Å². The zero-order valence-electron chi connectivity index (χ0n) is 23.7. The Hall–Kier alpha value is -4.18. The fraction of sp³-hybridized carbons (Fsp3) is 0.152. The molecule has 0 radical (unpaired) electrons. The molecule has 3 heterocycles. The van der Waals surface area contributed by atoms with Gasteiger partial charge in [0.15, 0.2) is 4.80 Å². The van der Waals surface area contributed by atoms with Gasteiger partial charge < -0.3 is 4.74 Å². The molecule has 43 heavy (non-hydrogen) atoms. The summed E-state index contributed by atoms with van der Waals surface area (Å²) < 4.78 is 9.30. The summed E-state index contributed by atoms with van der Waals surface area (Å²) in [5.74, 6) is -0.480. The highest BCUT2D eigenvalue weighted by atomic mass is 35.5. The van der Waals surface area contributed by atoms with Gasteiger partial charge in [0, 0.05) is 27.2 Å². The summed E-state index contributed by atoms with van der Waals surface area (Å²) in [6.07, 6.45) is 5.76. The average Bonchev–Trinajstić information content (AvgIpc) is 3.58. The Morgan fingerprint density at radius 3 is 2.47 bits per heavy atom. The Balaban J connectivity index is 1.55. The van der Waals surface area contributed by atoms with Crippen molar-refractivity contribution in [2.45, 2.75) is 24.8 Å². The number of halogens is 1. The van der Waals surface area contributed by atoms with E-state index in [0.29, 0.717) is 31.3 Å². The molecule has 0 aliphatic carbocycles. The van der Waals surface area contributed by atoms with Crippen LogP contribution >= 0.6 is 34.7 Å². The van der Waals surface area contributed by atoms with Gasteiger partial charge >= 0.3 is 5.97 Å². The number of fused-ring (bicyclic) bond motifs is 1. The van der Waals surface area contributed by atoms with E-state index in [-0.39, 0.29) is 12.2 Å². The zero-order valence-corrected chi connectivity index (χ0v) is 26.0. The number of nitrogens with zero attached hydrogens (tertiary/aromatic N) is 4. The minimum atomic E-state index is -0.670. The van der Waals surface area contributed by atoms with Crippen LogP contribution in [0.25, 0.3) is 23.0 Å². The molecule has 10 heteroatoms. The van der Waals surface area contributed by atoms with Crippen molar-refractivity contribution < 1.29 is 9.53 Å². The number of ether oxygens (including phenoxy) is 1. The normalized spacial score (nSPS) is 14.9. The molecular formula is C33H27ClN4O3S2. The molecule has 7 nitrogen and oxygen atoms in total. The summed E-state index contributed by atoms with van der Waals surface area (Å²) in [7, 11) is 0. The first-order valence-electron chi connectivity index (χ1n) is 13.6. The van der Waals surface area contributed by atoms with Crippen LogP contribution in [0.15, 0.2) is 111 Å². The largest absolute Gasteiger partial charge is 0.463 e. The summed E-state index contributed by atoms with van der Waals surface area (Å²) in [4.78, 5) is 33.7. The number of carbonyl (C=O) groups is 1. The number of aromatic nitrogens is 3. The third-order valence-electron chi connectivity index (χ3n) is 7.12. The van der Waals surface area contributed by atoms with E-state index in [2.05, 4.69) is 0 Å². The molecule has 5 aromatic rings. The van der Waals surface area contributed by atoms with Crippen LogP contribution < -0.4 is 14.9 Å². The second-order valence-electron chi connectivity index (χ2n) is 9.80. The van der Waals surface area contributed by atoms with Crippen molar-refractivity contribution in [3.05, 3.63) is 132 Å². The smallest absolute Gasteiger partial charge is 0.338 e. The highest BCUT2D eigenvalue weighted by Gasteiger charge is 2.33. The van der Waals surface area contributed by atoms with Crippen LogP contribution in [0.4, 0.5) is 0 Å². The second kappa shape index (κ2) is 12.2. The Morgan fingerprint density at radius 2 is 1.79 bits per heavy atom. The lowest BCUT2D eigenvalue weighted by Crippen LogP contribution is -2.39. The minimum Gasteiger partial charge on any atom is -0.463 e. The molecule has 0 spiro atoms. The van der Waals surface area contributed by atoms with E-state index in [0.717, 1.165) is 27.3 Å². The number of thioether (sulfide) groups is 1. The average molecular weight is 627 g/mol. The molecule has 1 atom stereocenters. The fourth-order valence-electron chi connectivity index (χ4n) is 5.07. The number of para-hydroxylation sites is 1. The third-order valence-corrected chi connectivity index (χ3v) is 9.09. The topological polar surface area (TPSA) is 78.5 Å². The number of benzene rings is 3. The van der Waals surface area contributed by atoms with E-state index in [1.54, 1.807) is 34.9 Å². The van der Waals surface area contributed by atoms with Crippen molar-refractivity contribution in [2.75, 3.05) is 12.9 Å². The van der Waals surface area contributed by atoms with Crippen molar-refractivity contribution in [2.24, 2.45) is 4.99 Å². The maximum Gasteiger partial charge on any atom is 0.338 e. The lowest BCUT2D eigenvalue weighted by Gasteiger charge is -2.24. The maximum absolute atomic E-state index is 14.2. The number of allylic oxidation sites excluding steroid dienone is 1. The van der Waals surface area contributed by atoms with Gasteiger partial charge in [0.1, 0.15) is 5.69 Å². The number of carbonyl (C=O) groups excluding carboxylic acids is 1. The SMILES string of the molecule is CCOC(=O)C1=C(C)N=c2sc(=Cc3cn(-c4ccccc4)nc3-c3ccc(Cl)cc3)c(=O)n2C1c1ccc(SC)cc1. The van der Waals surface area contributed by atoms with Crippen molar-refractivity contribution in [3.8, 4) is 16.9 Å². The summed E-state index contributed by atoms with van der Waals surface area (Å²) in [6, 6.07) is 24.5. The van der Waals surface area contributed by atoms with E-state index < -0.39 is 12.0 Å². The monoisotopic (exact) mass is 626 g/mol. The fourth-order valence-corrected chi connectivity index (χ4v) is 6.64. The van der Waals surface area contributed by atoms with E-state index in [1.165, 1.54) is 11.3 Å². The highest BCUT2D eigenvalue weighted by molar-refractivity contribution is 7.98. The van der Waals surface area contributed by atoms with Crippen molar-refractivity contribution >= 4 is 46.7 Å². The lowest BCUT2D eigenvalue weighted by molar-refractivity contribution is -0.139. The van der Waals surface area contributed by atoms with Gasteiger partial charge in [-0.25, -0.2) is 14.5 Å². The molecule has 3 aromatic carbocycles. The molecule has 0 saturated carbocycles. The molecule has 2 aromatic heterocycles. The summed E-state index contributed by atoms with van der Waals surface area (Å²) in [5, 5.41) is 5.50. The standard InChI is InChI=1S/C33H27ClN4O3S2/c1-4-41-32(40)28-20(2)35-33-38(30(28)22-12-16-26(42-3)17-13-22)31(39)27(43-33)18-23-19-37(25-8-6-5-7-9-25)36-29(23)21-10-14-24(34)15-11-21/h5-19,30H,4H2,1-3H3. The van der Waals surface area contributed by atoms with Crippen LogP contribution in [0, 0.1) is 0 Å². The van der Waals surface area contributed by atoms with Gasteiger partial charge in [0.2, 0.25) is 0 Å². The minimum absolute atomic E-state index is 0.219. The van der Waals surface area contributed by atoms with Crippen molar-refractivity contribution in [1.82, 2.24) is 14.3 Å². The van der Waals surface area contributed by atoms with Gasteiger partial charge in [-0.3, -0.25) is 9.36 Å². The Labute approximate surface area is 261 Å². The number of esters is 1. The lowest BCUT2D eigenvalue weighted by atomic mass is 9.96. The Kier molecular flexibility index (Phi) is 8.21. The predicted molar refractivity (Wildman–Crippen MR) is 173 cm³/mol. The van der Waals surface area contributed by atoms with Crippen LogP contribution in [0.2, 0.25) is 5.02 Å².